The van der Waals surface area contributed by atoms with Crippen molar-refractivity contribution in [3.8, 4) is 22.9 Å². The fourth-order valence-corrected chi connectivity index (χ4v) is 4.84. The van der Waals surface area contributed by atoms with Gasteiger partial charge in [-0.3, -0.25) is 4.79 Å². The molecule has 1 aliphatic heterocycles. The molecule has 0 atom stereocenters. The van der Waals surface area contributed by atoms with Crippen LogP contribution in [0.2, 0.25) is 0 Å². The minimum absolute atomic E-state index is 0.241. The van der Waals surface area contributed by atoms with E-state index in [1.54, 1.807) is 51.3 Å². The lowest BCUT2D eigenvalue weighted by molar-refractivity contribution is -0.111. The maximum atomic E-state index is 12.9. The number of amides is 1. The minimum atomic E-state index is -0.241. The van der Waals surface area contributed by atoms with Crippen molar-refractivity contribution in [3.63, 3.8) is 0 Å². The van der Waals surface area contributed by atoms with Crippen LogP contribution in [0.1, 0.15) is 27.9 Å². The Morgan fingerprint density at radius 3 is 2.48 bits per heavy atom. The fourth-order valence-electron chi connectivity index (χ4n) is 3.81. The number of thioether (sulfide) groups is 1. The van der Waals surface area contributed by atoms with E-state index in [4.69, 9.17) is 19.3 Å². The normalized spacial score (nSPS) is 12.6. The molecule has 7 nitrogen and oxygen atoms in total. The molecule has 0 fully saturated rings. The van der Waals surface area contributed by atoms with Gasteiger partial charge in [0.25, 0.3) is 0 Å². The van der Waals surface area contributed by atoms with Gasteiger partial charge < -0.3 is 19.5 Å². The number of ether oxygens (including phenoxy) is 3. The zero-order valence-electron chi connectivity index (χ0n) is 19.4. The van der Waals surface area contributed by atoms with Gasteiger partial charge in [0.2, 0.25) is 11.7 Å². The summed E-state index contributed by atoms with van der Waals surface area (Å²) in [4.78, 5) is 12.9. The lowest BCUT2D eigenvalue weighted by atomic mass is 10.1. The first-order valence-corrected chi connectivity index (χ1v) is 11.7. The number of carbonyl (C=O) groups is 1. The van der Waals surface area contributed by atoms with E-state index in [-0.39, 0.29) is 5.91 Å². The van der Waals surface area contributed by atoms with Crippen molar-refractivity contribution >= 4 is 29.6 Å². The second-order valence-corrected chi connectivity index (χ2v) is 8.66. The summed E-state index contributed by atoms with van der Waals surface area (Å²) in [5.74, 6) is 3.72. The van der Waals surface area contributed by atoms with Gasteiger partial charge in [-0.1, -0.05) is 12.1 Å². The third-order valence-corrected chi connectivity index (χ3v) is 6.68. The topological polar surface area (TPSA) is 74.6 Å². The molecule has 3 aromatic rings. The lowest BCUT2D eigenvalue weighted by Crippen LogP contribution is -2.14. The highest BCUT2D eigenvalue weighted by molar-refractivity contribution is 7.98. The Morgan fingerprint density at radius 1 is 1.09 bits per heavy atom. The summed E-state index contributed by atoms with van der Waals surface area (Å²) >= 11 is 1.80. The van der Waals surface area contributed by atoms with E-state index in [9.17, 15) is 4.79 Å². The second kappa shape index (κ2) is 9.62. The number of aryl methyl sites for hydroxylation is 1. The van der Waals surface area contributed by atoms with Crippen LogP contribution in [0.3, 0.4) is 0 Å². The zero-order valence-corrected chi connectivity index (χ0v) is 20.2. The minimum Gasteiger partial charge on any atom is -0.493 e. The number of carbonyl (C=O) groups excluding carboxylic acids is 1. The number of hydrogen-bond donors (Lipinski definition) is 1. The predicted molar refractivity (Wildman–Crippen MR) is 132 cm³/mol. The van der Waals surface area contributed by atoms with Crippen LogP contribution in [0.4, 0.5) is 5.82 Å². The second-order valence-electron chi connectivity index (χ2n) is 7.68. The molecule has 1 aliphatic rings. The summed E-state index contributed by atoms with van der Waals surface area (Å²) in [5, 5.41) is 7.87. The van der Waals surface area contributed by atoms with Crippen molar-refractivity contribution in [2.45, 2.75) is 25.4 Å². The Hall–Kier alpha value is -3.39. The van der Waals surface area contributed by atoms with Gasteiger partial charge in [-0.05, 0) is 54.8 Å². The first-order valence-electron chi connectivity index (χ1n) is 10.5. The van der Waals surface area contributed by atoms with Crippen LogP contribution in [0, 0.1) is 13.8 Å². The van der Waals surface area contributed by atoms with Crippen LogP contribution in [0.15, 0.2) is 36.4 Å². The molecule has 33 heavy (non-hydrogen) atoms. The van der Waals surface area contributed by atoms with E-state index in [1.807, 2.05) is 16.8 Å². The van der Waals surface area contributed by atoms with E-state index in [0.29, 0.717) is 17.2 Å². The number of nitrogens with zero attached hydrogens (tertiary/aromatic N) is 2. The Kier molecular flexibility index (Phi) is 6.65. The largest absolute Gasteiger partial charge is 0.493 e. The Balaban J connectivity index is 1.64. The standard InChI is InChI=1S/C25H27N3O4S/c1-15-7-6-8-20(16(15)2)28-25(18-13-33-14-19(18)27-28)26-23(29)10-9-17-11-21(30-3)24(32-5)22(12-17)31-4/h6-12H,13-14H2,1-5H3,(H,26,29)/b10-9+. The molecule has 1 N–H and O–H groups in total. The molecule has 0 unspecified atom stereocenters. The number of hydrogen-bond acceptors (Lipinski definition) is 6. The van der Waals surface area contributed by atoms with Crippen molar-refractivity contribution < 1.29 is 19.0 Å². The summed E-state index contributed by atoms with van der Waals surface area (Å²) in [6.07, 6.45) is 3.21. The molecule has 8 heteroatoms. The summed E-state index contributed by atoms with van der Waals surface area (Å²) < 4.78 is 18.0. The SMILES string of the molecule is COc1cc(/C=C/C(=O)Nc2c3c(nn2-c2cccc(C)c2C)CSC3)cc(OC)c1OC. The molecule has 0 radical (unpaired) electrons. The number of fused-ring (bicyclic) bond motifs is 1. The number of rotatable bonds is 7. The summed E-state index contributed by atoms with van der Waals surface area (Å²) in [5.41, 5.74) is 6.13. The molecule has 1 amide bonds. The molecule has 1 aromatic heterocycles. The fraction of sp³-hybridized carbons (Fsp3) is 0.280. The van der Waals surface area contributed by atoms with Crippen molar-refractivity contribution in [3.05, 3.63) is 64.4 Å². The summed E-state index contributed by atoms with van der Waals surface area (Å²) in [7, 11) is 4.67. The van der Waals surface area contributed by atoms with Crippen LogP contribution >= 0.6 is 11.8 Å². The van der Waals surface area contributed by atoms with E-state index < -0.39 is 0 Å². The molecule has 0 saturated carbocycles. The molecular formula is C25H27N3O4S. The third kappa shape index (κ3) is 4.43. The van der Waals surface area contributed by atoms with Gasteiger partial charge in [0.1, 0.15) is 5.82 Å². The van der Waals surface area contributed by atoms with Crippen molar-refractivity contribution in [1.82, 2.24) is 9.78 Å². The summed E-state index contributed by atoms with van der Waals surface area (Å²) in [6.45, 7) is 4.15. The molecular weight excluding hydrogens is 438 g/mol. The van der Waals surface area contributed by atoms with Gasteiger partial charge in [-0.25, -0.2) is 4.68 Å². The van der Waals surface area contributed by atoms with Crippen molar-refractivity contribution in [1.29, 1.82) is 0 Å². The molecule has 4 rings (SSSR count). The van der Waals surface area contributed by atoms with Gasteiger partial charge in [-0.2, -0.15) is 16.9 Å². The molecule has 0 aliphatic carbocycles. The molecule has 0 bridgehead atoms. The van der Waals surface area contributed by atoms with Crippen molar-refractivity contribution in [2.24, 2.45) is 0 Å². The average Bonchev–Trinajstić information content (AvgIpc) is 3.41. The van der Waals surface area contributed by atoms with Crippen LogP contribution in [0.5, 0.6) is 17.2 Å². The number of nitrogens with one attached hydrogen (secondary N) is 1. The van der Waals surface area contributed by atoms with E-state index in [1.165, 1.54) is 11.6 Å². The van der Waals surface area contributed by atoms with Crippen molar-refractivity contribution in [2.75, 3.05) is 26.6 Å². The monoisotopic (exact) mass is 465 g/mol. The van der Waals surface area contributed by atoms with Crippen LogP contribution in [0.25, 0.3) is 11.8 Å². The Labute approximate surface area is 197 Å². The number of anilines is 1. The van der Waals surface area contributed by atoms with Gasteiger partial charge in [0.15, 0.2) is 11.5 Å². The molecule has 2 heterocycles. The zero-order chi connectivity index (χ0) is 23.5. The maximum absolute atomic E-state index is 12.9. The highest BCUT2D eigenvalue weighted by Gasteiger charge is 2.25. The van der Waals surface area contributed by atoms with E-state index >= 15 is 0 Å². The van der Waals surface area contributed by atoms with E-state index in [2.05, 4.69) is 25.2 Å². The predicted octanol–water partition coefficient (Wildman–Crippen LogP) is 4.91. The number of methoxy groups -OCH3 is 3. The Morgan fingerprint density at radius 2 is 1.82 bits per heavy atom. The average molecular weight is 466 g/mol. The smallest absolute Gasteiger partial charge is 0.249 e. The summed E-state index contributed by atoms with van der Waals surface area (Å²) in [6, 6.07) is 9.69. The Bertz CT molecular complexity index is 1210. The lowest BCUT2D eigenvalue weighted by Gasteiger charge is -2.14. The maximum Gasteiger partial charge on any atom is 0.249 e. The molecule has 0 spiro atoms. The highest BCUT2D eigenvalue weighted by Crippen LogP contribution is 2.39. The quantitative estimate of drug-likeness (QED) is 0.500. The molecule has 2 aromatic carbocycles. The first kappa shape index (κ1) is 22.8. The molecule has 0 saturated heterocycles. The van der Waals surface area contributed by atoms with E-state index in [0.717, 1.165) is 45.4 Å². The van der Waals surface area contributed by atoms with Gasteiger partial charge >= 0.3 is 0 Å². The van der Waals surface area contributed by atoms with Crippen LogP contribution in [-0.4, -0.2) is 37.0 Å². The van der Waals surface area contributed by atoms with Gasteiger partial charge in [0.05, 0.1) is 32.7 Å². The number of aromatic nitrogens is 2. The van der Waals surface area contributed by atoms with Gasteiger partial charge in [-0.15, -0.1) is 0 Å². The number of benzene rings is 2. The van der Waals surface area contributed by atoms with Crippen LogP contribution < -0.4 is 19.5 Å². The third-order valence-electron chi connectivity index (χ3n) is 5.71. The highest BCUT2D eigenvalue weighted by atomic mass is 32.2. The first-order chi connectivity index (χ1) is 16.0. The molecule has 172 valence electrons. The van der Waals surface area contributed by atoms with Crippen LogP contribution in [-0.2, 0) is 16.3 Å². The van der Waals surface area contributed by atoms with Gasteiger partial charge in [0, 0.05) is 23.1 Å².